The van der Waals surface area contributed by atoms with Crippen LogP contribution in [0.5, 0.6) is 0 Å². The number of thioether (sulfide) groups is 1. The summed E-state index contributed by atoms with van der Waals surface area (Å²) in [6.45, 7) is 1.94. The van der Waals surface area contributed by atoms with Gasteiger partial charge in [0.25, 0.3) is 0 Å². The van der Waals surface area contributed by atoms with Crippen LogP contribution in [-0.4, -0.2) is 26.5 Å². The van der Waals surface area contributed by atoms with E-state index in [0.717, 1.165) is 18.7 Å². The fraction of sp³-hybridized carbons (Fsp3) is 0.385. The van der Waals surface area contributed by atoms with Crippen molar-refractivity contribution in [2.24, 2.45) is 0 Å². The molecule has 0 unspecified atom stereocenters. The van der Waals surface area contributed by atoms with Crippen molar-refractivity contribution in [3.05, 3.63) is 29.3 Å². The zero-order valence-electron chi connectivity index (χ0n) is 10.5. The van der Waals surface area contributed by atoms with Gasteiger partial charge >= 0.3 is 0 Å². The number of fused-ring (bicyclic) bond motifs is 1. The monoisotopic (exact) mass is 296 g/mol. The van der Waals surface area contributed by atoms with Gasteiger partial charge in [-0.05, 0) is 23.3 Å². The van der Waals surface area contributed by atoms with Gasteiger partial charge in [-0.15, -0.1) is 18.2 Å². The summed E-state index contributed by atoms with van der Waals surface area (Å²) in [5.41, 5.74) is 2.23. The molecule has 6 heteroatoms. The highest BCUT2D eigenvalue weighted by molar-refractivity contribution is 7.99. The first-order chi connectivity index (χ1) is 9.13. The van der Waals surface area contributed by atoms with Crippen LogP contribution in [0.15, 0.2) is 23.1 Å². The third-order valence-corrected chi connectivity index (χ3v) is 5.17. The molecule has 0 radical (unpaired) electrons. The fourth-order valence-electron chi connectivity index (χ4n) is 1.90. The van der Waals surface area contributed by atoms with E-state index < -0.39 is 10.0 Å². The first-order valence-corrected chi connectivity index (χ1v) is 8.60. The minimum absolute atomic E-state index is 0.330. The number of hydrogen-bond donors (Lipinski definition) is 2. The van der Waals surface area contributed by atoms with Crippen molar-refractivity contribution in [1.82, 2.24) is 10.0 Å². The van der Waals surface area contributed by atoms with Gasteiger partial charge in [-0.25, -0.2) is 13.1 Å². The molecule has 19 heavy (non-hydrogen) atoms. The molecule has 0 aromatic heterocycles. The summed E-state index contributed by atoms with van der Waals surface area (Å²) in [6.07, 6.45) is 5.12. The van der Waals surface area contributed by atoms with Crippen LogP contribution in [0.4, 0.5) is 0 Å². The van der Waals surface area contributed by atoms with E-state index in [0.29, 0.717) is 22.9 Å². The topological polar surface area (TPSA) is 58.2 Å². The van der Waals surface area contributed by atoms with Gasteiger partial charge in [0.05, 0.1) is 10.6 Å². The second kappa shape index (κ2) is 6.44. The second-order valence-electron chi connectivity index (χ2n) is 4.19. The molecule has 0 aliphatic carbocycles. The van der Waals surface area contributed by atoms with Crippen LogP contribution in [0.25, 0.3) is 0 Å². The molecule has 1 heterocycles. The molecule has 0 bridgehead atoms. The van der Waals surface area contributed by atoms with Crippen LogP contribution in [0.2, 0.25) is 0 Å². The molecule has 0 spiro atoms. The van der Waals surface area contributed by atoms with E-state index >= 15 is 0 Å². The average molecular weight is 296 g/mol. The highest BCUT2D eigenvalue weighted by Crippen LogP contribution is 2.19. The Kier molecular flexibility index (Phi) is 4.88. The van der Waals surface area contributed by atoms with Gasteiger partial charge in [0.2, 0.25) is 10.0 Å². The largest absolute Gasteiger partial charge is 0.309 e. The molecule has 102 valence electrons. The van der Waals surface area contributed by atoms with Crippen molar-refractivity contribution in [3.63, 3.8) is 0 Å². The van der Waals surface area contributed by atoms with Gasteiger partial charge in [-0.1, -0.05) is 12.0 Å². The quantitative estimate of drug-likeness (QED) is 0.606. The standard InChI is InChI=1S/C13H16N2O2S2/c1-2-6-18-7-5-15-19(16,17)13-4-3-11-9-14-10-12(11)8-13/h1,3-4,8,14-15H,5-7,9-10H2. The van der Waals surface area contributed by atoms with E-state index in [-0.39, 0.29) is 0 Å². The Balaban J connectivity index is 1.98. The van der Waals surface area contributed by atoms with Crippen molar-refractivity contribution in [1.29, 1.82) is 0 Å². The fourth-order valence-corrected chi connectivity index (χ4v) is 3.62. The lowest BCUT2D eigenvalue weighted by Crippen LogP contribution is -2.26. The van der Waals surface area contributed by atoms with Crippen LogP contribution in [0.1, 0.15) is 11.1 Å². The lowest BCUT2D eigenvalue weighted by Gasteiger charge is -2.07. The van der Waals surface area contributed by atoms with Crippen LogP contribution in [0.3, 0.4) is 0 Å². The Morgan fingerprint density at radius 1 is 1.37 bits per heavy atom. The molecule has 2 rings (SSSR count). The Morgan fingerprint density at radius 2 is 2.16 bits per heavy atom. The number of rotatable bonds is 6. The van der Waals surface area contributed by atoms with Gasteiger partial charge in [0.15, 0.2) is 0 Å². The third kappa shape index (κ3) is 3.74. The number of benzene rings is 1. The Bertz CT molecular complexity index is 591. The zero-order chi connectivity index (χ0) is 13.7. The maximum atomic E-state index is 12.1. The molecule has 2 N–H and O–H groups in total. The Hall–Kier alpha value is -1.00. The van der Waals surface area contributed by atoms with Gasteiger partial charge in [0, 0.05) is 25.4 Å². The van der Waals surface area contributed by atoms with Crippen LogP contribution in [-0.2, 0) is 23.1 Å². The maximum Gasteiger partial charge on any atom is 0.240 e. The summed E-state index contributed by atoms with van der Waals surface area (Å²) in [6, 6.07) is 5.27. The summed E-state index contributed by atoms with van der Waals surface area (Å²) in [7, 11) is -3.41. The minimum atomic E-state index is -3.41. The molecule has 0 saturated heterocycles. The van der Waals surface area contributed by atoms with Crippen LogP contribution < -0.4 is 10.0 Å². The highest BCUT2D eigenvalue weighted by Gasteiger charge is 2.17. The van der Waals surface area contributed by atoms with Gasteiger partial charge in [-0.2, -0.15) is 0 Å². The van der Waals surface area contributed by atoms with E-state index in [1.807, 2.05) is 6.07 Å². The minimum Gasteiger partial charge on any atom is -0.309 e. The predicted octanol–water partition coefficient (Wildman–Crippen LogP) is 0.935. The number of nitrogens with one attached hydrogen (secondary N) is 2. The van der Waals surface area contributed by atoms with E-state index in [2.05, 4.69) is 16.0 Å². The molecule has 1 aliphatic rings. The third-order valence-electron chi connectivity index (χ3n) is 2.84. The van der Waals surface area contributed by atoms with Gasteiger partial charge in [-0.3, -0.25) is 0 Å². The summed E-state index contributed by atoms with van der Waals surface area (Å²) in [4.78, 5) is 0.330. The molecule has 1 aliphatic heterocycles. The van der Waals surface area contributed by atoms with E-state index in [4.69, 9.17) is 6.42 Å². The average Bonchev–Trinajstić information content (AvgIpc) is 2.85. The first-order valence-electron chi connectivity index (χ1n) is 5.97. The molecular formula is C13H16N2O2S2. The molecule has 1 aromatic carbocycles. The predicted molar refractivity (Wildman–Crippen MR) is 78.3 cm³/mol. The van der Waals surface area contributed by atoms with Crippen LogP contribution >= 0.6 is 11.8 Å². The molecule has 0 amide bonds. The highest BCUT2D eigenvalue weighted by atomic mass is 32.2. The normalized spacial score (nSPS) is 14.1. The molecule has 0 atom stereocenters. The Morgan fingerprint density at radius 3 is 2.95 bits per heavy atom. The summed E-state index contributed by atoms with van der Waals surface area (Å²) >= 11 is 1.54. The molecule has 4 nitrogen and oxygen atoms in total. The van der Waals surface area contributed by atoms with E-state index in [1.54, 1.807) is 12.1 Å². The number of hydrogen-bond acceptors (Lipinski definition) is 4. The summed E-state index contributed by atoms with van der Waals surface area (Å²) < 4.78 is 26.8. The van der Waals surface area contributed by atoms with E-state index in [9.17, 15) is 8.42 Å². The lowest BCUT2D eigenvalue weighted by atomic mass is 10.1. The first kappa shape index (κ1) is 14.4. The number of sulfonamides is 1. The smallest absolute Gasteiger partial charge is 0.240 e. The van der Waals surface area contributed by atoms with E-state index in [1.165, 1.54) is 17.3 Å². The van der Waals surface area contributed by atoms with Crippen molar-refractivity contribution in [3.8, 4) is 12.3 Å². The summed E-state index contributed by atoms with van der Waals surface area (Å²) in [5, 5.41) is 3.20. The second-order valence-corrected chi connectivity index (χ2v) is 7.06. The van der Waals surface area contributed by atoms with Crippen molar-refractivity contribution >= 4 is 21.8 Å². The zero-order valence-corrected chi connectivity index (χ0v) is 12.1. The molecule has 0 saturated carbocycles. The van der Waals surface area contributed by atoms with Crippen molar-refractivity contribution in [2.45, 2.75) is 18.0 Å². The molecule has 0 fully saturated rings. The van der Waals surface area contributed by atoms with Crippen LogP contribution in [0, 0.1) is 12.3 Å². The van der Waals surface area contributed by atoms with Crippen molar-refractivity contribution in [2.75, 3.05) is 18.1 Å². The lowest BCUT2D eigenvalue weighted by molar-refractivity contribution is 0.584. The maximum absolute atomic E-state index is 12.1. The van der Waals surface area contributed by atoms with Gasteiger partial charge < -0.3 is 5.32 Å². The van der Waals surface area contributed by atoms with Crippen molar-refractivity contribution < 1.29 is 8.42 Å². The van der Waals surface area contributed by atoms with Gasteiger partial charge in [0.1, 0.15) is 0 Å². The summed E-state index contributed by atoms with van der Waals surface area (Å²) in [5.74, 6) is 3.78. The number of terminal acetylenes is 1. The Labute approximate surface area is 118 Å². The SMILES string of the molecule is C#CCSCCNS(=O)(=O)c1ccc2c(c1)CNC2. The molecule has 1 aromatic rings. The molecular weight excluding hydrogens is 280 g/mol.